The third-order valence-corrected chi connectivity index (χ3v) is 7.74. The van der Waals surface area contributed by atoms with Gasteiger partial charge in [0.15, 0.2) is 0 Å². The van der Waals surface area contributed by atoms with Gasteiger partial charge in [-0.1, -0.05) is 15.9 Å². The molecule has 1 aliphatic carbocycles. The Kier molecular flexibility index (Phi) is 6.13. The first-order valence-electron chi connectivity index (χ1n) is 10.6. The molecule has 0 unspecified atom stereocenters. The molecule has 2 aromatic heterocycles. The first-order chi connectivity index (χ1) is 15.4. The fourth-order valence-electron chi connectivity index (χ4n) is 4.28. The molecule has 1 saturated heterocycles. The van der Waals surface area contributed by atoms with Gasteiger partial charge >= 0.3 is 6.18 Å². The van der Waals surface area contributed by atoms with Gasteiger partial charge in [-0.3, -0.25) is 4.90 Å². The first kappa shape index (κ1) is 22.1. The van der Waals surface area contributed by atoms with Gasteiger partial charge in [-0.2, -0.15) is 13.2 Å². The second-order valence-electron chi connectivity index (χ2n) is 8.09. The van der Waals surface area contributed by atoms with Gasteiger partial charge in [0.05, 0.1) is 30.7 Å². The maximum Gasteiger partial charge on any atom is 0.417 e. The fraction of sp³-hybridized carbons (Fsp3) is 0.455. The second kappa shape index (κ2) is 8.89. The van der Waals surface area contributed by atoms with Crippen LogP contribution in [-0.4, -0.2) is 41.2 Å². The molecule has 0 bridgehead atoms. The monoisotopic (exact) mass is 526 g/mol. The van der Waals surface area contributed by atoms with Gasteiger partial charge in [-0.25, -0.2) is 9.97 Å². The molecule has 0 radical (unpaired) electrons. The van der Waals surface area contributed by atoms with Crippen LogP contribution in [0.15, 0.2) is 22.7 Å². The minimum Gasteiger partial charge on any atom is -0.379 e. The zero-order valence-electron chi connectivity index (χ0n) is 17.3. The Morgan fingerprint density at radius 2 is 1.91 bits per heavy atom. The Morgan fingerprint density at radius 3 is 2.69 bits per heavy atom. The van der Waals surface area contributed by atoms with Crippen LogP contribution in [0.1, 0.15) is 34.7 Å². The van der Waals surface area contributed by atoms with Crippen LogP contribution in [0, 0.1) is 0 Å². The van der Waals surface area contributed by atoms with E-state index in [9.17, 15) is 13.2 Å². The number of rotatable bonds is 4. The summed E-state index contributed by atoms with van der Waals surface area (Å²) in [5, 5.41) is 4.14. The lowest BCUT2D eigenvalue weighted by Crippen LogP contribution is -2.36. The van der Waals surface area contributed by atoms with E-state index in [4.69, 9.17) is 14.7 Å². The summed E-state index contributed by atoms with van der Waals surface area (Å²) in [6.45, 7) is 3.57. The highest BCUT2D eigenvalue weighted by atomic mass is 79.9. The van der Waals surface area contributed by atoms with Crippen molar-refractivity contribution in [2.75, 3.05) is 31.6 Å². The maximum absolute atomic E-state index is 13.4. The molecule has 0 spiro atoms. The van der Waals surface area contributed by atoms with E-state index in [0.29, 0.717) is 37.1 Å². The van der Waals surface area contributed by atoms with E-state index in [1.165, 1.54) is 16.5 Å². The van der Waals surface area contributed by atoms with Crippen molar-refractivity contribution in [3.63, 3.8) is 0 Å². The number of aromatic nitrogens is 2. The SMILES string of the molecule is FC(F)(F)c1cc(Nc2nc(CN3CCOCC3)nc3sc4c(c23)CCCC4)ccc1Br. The van der Waals surface area contributed by atoms with Gasteiger partial charge in [0.25, 0.3) is 0 Å². The molecule has 5 nitrogen and oxygen atoms in total. The number of ether oxygens (including phenoxy) is 1. The molecule has 1 fully saturated rings. The Bertz CT molecular complexity index is 1140. The van der Waals surface area contributed by atoms with Crippen LogP contribution in [0.25, 0.3) is 10.2 Å². The van der Waals surface area contributed by atoms with E-state index >= 15 is 0 Å². The van der Waals surface area contributed by atoms with E-state index in [1.807, 2.05) is 0 Å². The quantitative estimate of drug-likeness (QED) is 0.456. The number of morpholine rings is 1. The molecular formula is C22H22BrF3N4OS. The number of anilines is 2. The van der Waals surface area contributed by atoms with E-state index in [2.05, 4.69) is 26.1 Å². The summed E-state index contributed by atoms with van der Waals surface area (Å²) in [5.74, 6) is 1.27. The molecule has 3 heterocycles. The standard InChI is InChI=1S/C22H22BrF3N4OS/c23-16-6-5-13(11-15(16)22(24,25)26)27-20-19-14-3-1-2-4-17(14)32-21(19)29-18(28-20)12-30-7-9-31-10-8-30/h5-6,11H,1-4,7-10,12H2,(H,27,28,29). The average molecular weight is 527 g/mol. The summed E-state index contributed by atoms with van der Waals surface area (Å²) in [5.41, 5.74) is 0.882. The van der Waals surface area contributed by atoms with E-state index in [-0.39, 0.29) is 4.47 Å². The van der Waals surface area contributed by atoms with Gasteiger partial charge in [0.2, 0.25) is 0 Å². The zero-order chi connectivity index (χ0) is 22.3. The number of alkyl halides is 3. The molecule has 0 saturated carbocycles. The Morgan fingerprint density at radius 1 is 1.12 bits per heavy atom. The van der Waals surface area contributed by atoms with Gasteiger partial charge in [-0.05, 0) is 49.4 Å². The molecule has 32 heavy (non-hydrogen) atoms. The second-order valence-corrected chi connectivity index (χ2v) is 10.0. The molecule has 1 aromatic carbocycles. The van der Waals surface area contributed by atoms with Crippen molar-refractivity contribution < 1.29 is 17.9 Å². The predicted molar refractivity (Wildman–Crippen MR) is 123 cm³/mol. The molecular weight excluding hydrogens is 505 g/mol. The fourth-order valence-corrected chi connectivity index (χ4v) is 6.03. The molecule has 0 amide bonds. The third kappa shape index (κ3) is 4.50. The highest BCUT2D eigenvalue weighted by Gasteiger charge is 2.33. The minimum atomic E-state index is -4.44. The highest BCUT2D eigenvalue weighted by Crippen LogP contribution is 2.41. The topological polar surface area (TPSA) is 50.3 Å². The Balaban J connectivity index is 1.56. The number of benzene rings is 1. The van der Waals surface area contributed by atoms with Crippen LogP contribution in [-0.2, 0) is 30.3 Å². The van der Waals surface area contributed by atoms with Crippen molar-refractivity contribution in [3.8, 4) is 0 Å². The summed E-state index contributed by atoms with van der Waals surface area (Å²) in [6.07, 6.45) is -0.224. The number of nitrogens with one attached hydrogen (secondary N) is 1. The van der Waals surface area contributed by atoms with Crippen molar-refractivity contribution in [1.29, 1.82) is 0 Å². The third-order valence-electron chi connectivity index (χ3n) is 5.86. The maximum atomic E-state index is 13.4. The molecule has 0 atom stereocenters. The first-order valence-corrected chi connectivity index (χ1v) is 12.2. The average Bonchev–Trinajstić information content (AvgIpc) is 3.13. The Hall–Kier alpha value is -1.75. The lowest BCUT2D eigenvalue weighted by atomic mass is 9.97. The Labute approximate surface area is 196 Å². The summed E-state index contributed by atoms with van der Waals surface area (Å²) < 4.78 is 45.7. The van der Waals surface area contributed by atoms with Crippen LogP contribution in [0.2, 0.25) is 0 Å². The number of thiophene rings is 1. The summed E-state index contributed by atoms with van der Waals surface area (Å²) in [7, 11) is 0. The van der Waals surface area contributed by atoms with Gasteiger partial charge in [-0.15, -0.1) is 11.3 Å². The number of nitrogens with zero attached hydrogens (tertiary/aromatic N) is 3. The number of halogens is 4. The molecule has 1 N–H and O–H groups in total. The molecule has 3 aromatic rings. The molecule has 5 rings (SSSR count). The van der Waals surface area contributed by atoms with E-state index in [1.54, 1.807) is 17.4 Å². The van der Waals surface area contributed by atoms with Crippen LogP contribution < -0.4 is 5.32 Å². The van der Waals surface area contributed by atoms with Crippen molar-refractivity contribution in [1.82, 2.24) is 14.9 Å². The summed E-state index contributed by atoms with van der Waals surface area (Å²) >= 11 is 4.70. The number of hydrogen-bond donors (Lipinski definition) is 1. The largest absolute Gasteiger partial charge is 0.417 e. The molecule has 10 heteroatoms. The minimum absolute atomic E-state index is 0.0179. The lowest BCUT2D eigenvalue weighted by Gasteiger charge is -2.26. The smallest absolute Gasteiger partial charge is 0.379 e. The zero-order valence-corrected chi connectivity index (χ0v) is 19.7. The van der Waals surface area contributed by atoms with Gasteiger partial charge < -0.3 is 10.1 Å². The van der Waals surface area contributed by atoms with Crippen LogP contribution in [0.4, 0.5) is 24.7 Å². The summed E-state index contributed by atoms with van der Waals surface area (Å²) in [6, 6.07) is 4.17. The molecule has 2 aliphatic rings. The van der Waals surface area contributed by atoms with Crippen molar-refractivity contribution in [3.05, 3.63) is 44.5 Å². The number of hydrogen-bond acceptors (Lipinski definition) is 6. The van der Waals surface area contributed by atoms with E-state index in [0.717, 1.165) is 55.1 Å². The lowest BCUT2D eigenvalue weighted by molar-refractivity contribution is -0.138. The van der Waals surface area contributed by atoms with E-state index < -0.39 is 11.7 Å². The number of fused-ring (bicyclic) bond motifs is 3. The molecule has 1 aliphatic heterocycles. The van der Waals surface area contributed by atoms with Crippen molar-refractivity contribution in [2.24, 2.45) is 0 Å². The van der Waals surface area contributed by atoms with Crippen molar-refractivity contribution >= 4 is 49.0 Å². The van der Waals surface area contributed by atoms with Crippen LogP contribution in [0.5, 0.6) is 0 Å². The highest BCUT2D eigenvalue weighted by molar-refractivity contribution is 9.10. The summed E-state index contributed by atoms with van der Waals surface area (Å²) in [4.78, 5) is 14.1. The normalized spacial score (nSPS) is 17.5. The van der Waals surface area contributed by atoms with Crippen molar-refractivity contribution in [2.45, 2.75) is 38.4 Å². The predicted octanol–water partition coefficient (Wildman–Crippen LogP) is 5.93. The van der Waals surface area contributed by atoms with Gasteiger partial charge in [0.1, 0.15) is 16.5 Å². The molecule has 170 valence electrons. The number of aryl methyl sites for hydroxylation is 2. The van der Waals surface area contributed by atoms with Crippen LogP contribution >= 0.6 is 27.3 Å². The van der Waals surface area contributed by atoms with Gasteiger partial charge in [0, 0.05) is 28.1 Å². The van der Waals surface area contributed by atoms with Crippen LogP contribution in [0.3, 0.4) is 0 Å².